The second-order valence-corrected chi connectivity index (χ2v) is 12.4. The molecule has 3 rings (SSSR count). The fraction of sp³-hybridized carbons (Fsp3) is 0.435. The standard InChI is InChI=1S/C23H30ClN3O6S2/c1-3-22(27(34(2,29)30)19-8-6-7-18(24)17-19)23(28)25-13-16-33-20-9-11-21(12-10-20)35(31,32)26-14-4-5-15-26/h6-12,17,22H,3-5,13-16H2,1-2H3,(H,25,28)/t22-/m0/s1. The third kappa shape index (κ3) is 6.87. The smallest absolute Gasteiger partial charge is 0.244 e. The van der Waals surface area contributed by atoms with E-state index in [0.717, 1.165) is 23.4 Å². The number of rotatable bonds is 11. The van der Waals surface area contributed by atoms with Gasteiger partial charge >= 0.3 is 0 Å². The van der Waals surface area contributed by atoms with E-state index in [-0.39, 0.29) is 24.5 Å². The van der Waals surface area contributed by atoms with Crippen LogP contribution in [0.1, 0.15) is 26.2 Å². The number of ether oxygens (including phenoxy) is 1. The Labute approximate surface area is 212 Å². The third-order valence-corrected chi connectivity index (χ3v) is 8.92. The van der Waals surface area contributed by atoms with Crippen LogP contribution >= 0.6 is 11.6 Å². The summed E-state index contributed by atoms with van der Waals surface area (Å²) in [5.74, 6) is -0.00286. The molecular formula is C23H30ClN3O6S2. The number of benzene rings is 2. The molecule has 0 saturated carbocycles. The van der Waals surface area contributed by atoms with Crippen molar-refractivity contribution in [3.05, 3.63) is 53.6 Å². The second-order valence-electron chi connectivity index (χ2n) is 8.18. The van der Waals surface area contributed by atoms with E-state index in [1.807, 2.05) is 0 Å². The molecule has 0 radical (unpaired) electrons. The van der Waals surface area contributed by atoms with Crippen LogP contribution < -0.4 is 14.4 Å². The molecule has 1 atom stereocenters. The van der Waals surface area contributed by atoms with Gasteiger partial charge < -0.3 is 10.1 Å². The van der Waals surface area contributed by atoms with Gasteiger partial charge in [0.25, 0.3) is 0 Å². The van der Waals surface area contributed by atoms with Crippen molar-refractivity contribution < 1.29 is 26.4 Å². The van der Waals surface area contributed by atoms with Gasteiger partial charge in [0.05, 0.1) is 23.4 Å². The van der Waals surface area contributed by atoms with E-state index in [2.05, 4.69) is 5.32 Å². The Bertz CT molecular complexity index is 1230. The summed E-state index contributed by atoms with van der Waals surface area (Å²) < 4.78 is 58.3. The number of carbonyl (C=O) groups excluding carboxylic acids is 1. The van der Waals surface area contributed by atoms with Gasteiger partial charge in [-0.05, 0) is 61.7 Å². The van der Waals surface area contributed by atoms with Crippen LogP contribution in [-0.4, -0.2) is 65.6 Å². The summed E-state index contributed by atoms with van der Waals surface area (Å²) in [5.41, 5.74) is 0.308. The second kappa shape index (κ2) is 11.6. The number of nitrogens with one attached hydrogen (secondary N) is 1. The molecule has 12 heteroatoms. The average Bonchev–Trinajstić information content (AvgIpc) is 3.35. The minimum Gasteiger partial charge on any atom is -0.492 e. The summed E-state index contributed by atoms with van der Waals surface area (Å²) in [5, 5.41) is 3.07. The molecular weight excluding hydrogens is 514 g/mol. The normalized spacial score (nSPS) is 15.5. The van der Waals surface area contributed by atoms with Crippen molar-refractivity contribution in [3.8, 4) is 5.75 Å². The lowest BCUT2D eigenvalue weighted by molar-refractivity contribution is -0.122. The van der Waals surface area contributed by atoms with Crippen LogP contribution in [0.4, 0.5) is 5.69 Å². The molecule has 0 spiro atoms. The maximum absolute atomic E-state index is 12.8. The molecule has 9 nitrogen and oxygen atoms in total. The molecule has 0 aliphatic carbocycles. The summed E-state index contributed by atoms with van der Waals surface area (Å²) in [6, 6.07) is 11.5. The zero-order valence-electron chi connectivity index (χ0n) is 19.7. The van der Waals surface area contributed by atoms with Crippen LogP contribution in [0.2, 0.25) is 5.02 Å². The van der Waals surface area contributed by atoms with Crippen molar-refractivity contribution in [2.75, 3.05) is 36.8 Å². The first-order valence-corrected chi connectivity index (χ1v) is 15.0. The van der Waals surface area contributed by atoms with E-state index in [9.17, 15) is 21.6 Å². The van der Waals surface area contributed by atoms with Gasteiger partial charge in [-0.1, -0.05) is 24.6 Å². The van der Waals surface area contributed by atoms with Gasteiger partial charge in [0, 0.05) is 18.1 Å². The highest BCUT2D eigenvalue weighted by Crippen LogP contribution is 2.26. The van der Waals surface area contributed by atoms with Gasteiger partial charge in [0.1, 0.15) is 18.4 Å². The Morgan fingerprint density at radius 3 is 2.34 bits per heavy atom. The average molecular weight is 544 g/mol. The van der Waals surface area contributed by atoms with Crippen LogP contribution in [0.15, 0.2) is 53.4 Å². The number of sulfonamides is 2. The number of anilines is 1. The Morgan fingerprint density at radius 1 is 1.11 bits per heavy atom. The molecule has 0 unspecified atom stereocenters. The maximum Gasteiger partial charge on any atom is 0.244 e. The van der Waals surface area contributed by atoms with Gasteiger partial charge in [-0.25, -0.2) is 16.8 Å². The zero-order valence-corrected chi connectivity index (χ0v) is 22.1. The first-order chi connectivity index (χ1) is 16.5. The molecule has 1 aliphatic heterocycles. The SMILES string of the molecule is CC[C@@H](C(=O)NCCOc1ccc(S(=O)(=O)N2CCCC2)cc1)N(c1cccc(Cl)c1)S(C)(=O)=O. The van der Waals surface area contributed by atoms with Crippen molar-refractivity contribution in [3.63, 3.8) is 0 Å². The van der Waals surface area contributed by atoms with Gasteiger partial charge in [-0.3, -0.25) is 9.10 Å². The molecule has 1 amide bonds. The van der Waals surface area contributed by atoms with Crippen LogP contribution in [-0.2, 0) is 24.8 Å². The largest absolute Gasteiger partial charge is 0.492 e. The summed E-state index contributed by atoms with van der Waals surface area (Å²) in [7, 11) is -7.25. The molecule has 1 heterocycles. The van der Waals surface area contributed by atoms with Gasteiger partial charge in [0.15, 0.2) is 0 Å². The lowest BCUT2D eigenvalue weighted by atomic mass is 10.2. The molecule has 0 bridgehead atoms. The topological polar surface area (TPSA) is 113 Å². The fourth-order valence-corrected chi connectivity index (χ4v) is 6.82. The highest BCUT2D eigenvalue weighted by Gasteiger charge is 2.31. The Balaban J connectivity index is 1.57. The number of hydrogen-bond donors (Lipinski definition) is 1. The number of nitrogens with zero attached hydrogens (tertiary/aromatic N) is 2. The number of amides is 1. The number of carbonyl (C=O) groups is 1. The number of hydrogen-bond acceptors (Lipinski definition) is 6. The molecule has 0 aromatic heterocycles. The van der Waals surface area contributed by atoms with Crippen molar-refractivity contribution in [1.82, 2.24) is 9.62 Å². The van der Waals surface area contributed by atoms with E-state index >= 15 is 0 Å². The van der Waals surface area contributed by atoms with Crippen molar-refractivity contribution in [2.24, 2.45) is 0 Å². The van der Waals surface area contributed by atoms with Crippen LogP contribution in [0.25, 0.3) is 0 Å². The third-order valence-electron chi connectivity index (χ3n) is 5.59. The lowest BCUT2D eigenvalue weighted by Gasteiger charge is -2.30. The van der Waals surface area contributed by atoms with Crippen LogP contribution in [0.3, 0.4) is 0 Å². The molecule has 1 aliphatic rings. The first-order valence-electron chi connectivity index (χ1n) is 11.3. The van der Waals surface area contributed by atoms with E-state index in [4.69, 9.17) is 16.3 Å². The van der Waals surface area contributed by atoms with E-state index in [1.54, 1.807) is 37.3 Å². The van der Waals surface area contributed by atoms with Crippen molar-refractivity contribution >= 4 is 43.2 Å². The molecule has 1 fully saturated rings. The quantitative estimate of drug-likeness (QED) is 0.436. The van der Waals surface area contributed by atoms with Gasteiger partial charge in [-0.15, -0.1) is 0 Å². The van der Waals surface area contributed by atoms with E-state index < -0.39 is 32.0 Å². The lowest BCUT2D eigenvalue weighted by Crippen LogP contribution is -2.50. The van der Waals surface area contributed by atoms with E-state index in [1.165, 1.54) is 22.5 Å². The highest BCUT2D eigenvalue weighted by molar-refractivity contribution is 7.92. The summed E-state index contributed by atoms with van der Waals surface area (Å²) in [6.07, 6.45) is 3.03. The Morgan fingerprint density at radius 2 is 1.77 bits per heavy atom. The predicted molar refractivity (Wildman–Crippen MR) is 136 cm³/mol. The van der Waals surface area contributed by atoms with E-state index in [0.29, 0.717) is 29.5 Å². The fourth-order valence-electron chi connectivity index (χ4n) is 3.92. The van der Waals surface area contributed by atoms with Crippen molar-refractivity contribution in [2.45, 2.75) is 37.1 Å². The molecule has 1 N–H and O–H groups in total. The molecule has 35 heavy (non-hydrogen) atoms. The molecule has 192 valence electrons. The zero-order chi connectivity index (χ0) is 25.6. The Kier molecular flexibility index (Phi) is 9.03. The van der Waals surface area contributed by atoms with Crippen LogP contribution in [0, 0.1) is 0 Å². The number of halogens is 1. The van der Waals surface area contributed by atoms with Crippen molar-refractivity contribution in [1.29, 1.82) is 0 Å². The Hall–Kier alpha value is -2.34. The maximum atomic E-state index is 12.8. The summed E-state index contributed by atoms with van der Waals surface area (Å²) in [6.45, 7) is 3.05. The highest BCUT2D eigenvalue weighted by atomic mass is 35.5. The first kappa shape index (κ1) is 27.3. The molecule has 2 aromatic carbocycles. The predicted octanol–water partition coefficient (Wildman–Crippen LogP) is 2.86. The molecule has 1 saturated heterocycles. The summed E-state index contributed by atoms with van der Waals surface area (Å²) >= 11 is 6.02. The van der Waals surface area contributed by atoms with Crippen LogP contribution in [0.5, 0.6) is 5.75 Å². The minimum atomic E-state index is -3.76. The molecule has 2 aromatic rings. The monoisotopic (exact) mass is 543 g/mol. The van der Waals surface area contributed by atoms with Gasteiger partial charge in [-0.2, -0.15) is 4.31 Å². The summed E-state index contributed by atoms with van der Waals surface area (Å²) in [4.78, 5) is 13.1. The minimum absolute atomic E-state index is 0.121. The van der Waals surface area contributed by atoms with Gasteiger partial charge in [0.2, 0.25) is 26.0 Å².